The first-order chi connectivity index (χ1) is 9.67. The van der Waals surface area contributed by atoms with Crippen LogP contribution in [-0.4, -0.2) is 36.6 Å². The highest BCUT2D eigenvalue weighted by molar-refractivity contribution is 5.29. The SMILES string of the molecule is C[C@H](O)c1cccc(OC2CCOC3(CCOC3)C2)c1. The number of aliphatic hydroxyl groups is 1. The van der Waals surface area contributed by atoms with Crippen LogP contribution in [0.4, 0.5) is 0 Å². The maximum atomic E-state index is 9.63. The Bertz CT molecular complexity index is 452. The maximum absolute atomic E-state index is 9.63. The zero-order chi connectivity index (χ0) is 14.0. The van der Waals surface area contributed by atoms with Crippen LogP contribution in [0.15, 0.2) is 24.3 Å². The van der Waals surface area contributed by atoms with Crippen molar-refractivity contribution in [3.8, 4) is 5.75 Å². The van der Waals surface area contributed by atoms with E-state index in [1.807, 2.05) is 24.3 Å². The lowest BCUT2D eigenvalue weighted by Crippen LogP contribution is -2.44. The van der Waals surface area contributed by atoms with Crippen LogP contribution in [0.25, 0.3) is 0 Å². The molecule has 110 valence electrons. The van der Waals surface area contributed by atoms with E-state index < -0.39 is 6.10 Å². The fourth-order valence-electron chi connectivity index (χ4n) is 2.99. The highest BCUT2D eigenvalue weighted by Crippen LogP contribution is 2.34. The minimum absolute atomic E-state index is 0.134. The number of ether oxygens (including phenoxy) is 3. The van der Waals surface area contributed by atoms with Crippen LogP contribution in [0.1, 0.15) is 37.9 Å². The molecular formula is C16H22O4. The van der Waals surface area contributed by atoms with E-state index in [1.165, 1.54) is 0 Å². The zero-order valence-corrected chi connectivity index (χ0v) is 11.9. The summed E-state index contributed by atoms with van der Waals surface area (Å²) in [5.74, 6) is 0.823. The number of hydrogen-bond donors (Lipinski definition) is 1. The maximum Gasteiger partial charge on any atom is 0.120 e. The van der Waals surface area contributed by atoms with Gasteiger partial charge in [-0.05, 0) is 24.6 Å². The smallest absolute Gasteiger partial charge is 0.120 e. The molecule has 3 rings (SSSR count). The highest BCUT2D eigenvalue weighted by atomic mass is 16.6. The molecule has 0 saturated carbocycles. The summed E-state index contributed by atoms with van der Waals surface area (Å²) in [7, 11) is 0. The number of hydrogen-bond acceptors (Lipinski definition) is 4. The van der Waals surface area contributed by atoms with Gasteiger partial charge >= 0.3 is 0 Å². The van der Waals surface area contributed by atoms with Crippen molar-refractivity contribution in [3.05, 3.63) is 29.8 Å². The quantitative estimate of drug-likeness (QED) is 0.922. The monoisotopic (exact) mass is 278 g/mol. The van der Waals surface area contributed by atoms with Crippen LogP contribution in [0.2, 0.25) is 0 Å². The Morgan fingerprint density at radius 2 is 2.30 bits per heavy atom. The van der Waals surface area contributed by atoms with Crippen molar-refractivity contribution >= 4 is 0 Å². The van der Waals surface area contributed by atoms with E-state index in [0.717, 1.165) is 43.8 Å². The lowest BCUT2D eigenvalue weighted by Gasteiger charge is -2.37. The summed E-state index contributed by atoms with van der Waals surface area (Å²) in [4.78, 5) is 0. The molecule has 2 heterocycles. The minimum Gasteiger partial charge on any atom is -0.490 e. The van der Waals surface area contributed by atoms with Gasteiger partial charge in [-0.1, -0.05) is 12.1 Å². The molecule has 4 heteroatoms. The molecule has 2 saturated heterocycles. The molecule has 20 heavy (non-hydrogen) atoms. The molecule has 0 amide bonds. The topological polar surface area (TPSA) is 47.9 Å². The Kier molecular flexibility index (Phi) is 3.96. The summed E-state index contributed by atoms with van der Waals surface area (Å²) in [5.41, 5.74) is 0.749. The van der Waals surface area contributed by atoms with E-state index in [9.17, 15) is 5.11 Å². The summed E-state index contributed by atoms with van der Waals surface area (Å²) in [6, 6.07) is 7.69. The van der Waals surface area contributed by atoms with Crippen LogP contribution in [0, 0.1) is 0 Å². The molecule has 4 nitrogen and oxygen atoms in total. The summed E-state index contributed by atoms with van der Waals surface area (Å²) >= 11 is 0. The van der Waals surface area contributed by atoms with Gasteiger partial charge in [0, 0.05) is 25.9 Å². The fraction of sp³-hybridized carbons (Fsp3) is 0.625. The standard InChI is InChI=1S/C16H22O4/c1-12(17)13-3-2-4-14(9-13)20-15-5-7-19-16(10-15)6-8-18-11-16/h2-4,9,12,15,17H,5-8,10-11H2,1H3/t12-,15?,16?/m0/s1. The van der Waals surface area contributed by atoms with E-state index in [2.05, 4.69) is 0 Å². The van der Waals surface area contributed by atoms with Crippen molar-refractivity contribution in [2.45, 2.75) is 44.0 Å². The van der Waals surface area contributed by atoms with Crippen LogP contribution in [0.5, 0.6) is 5.75 Å². The second kappa shape index (κ2) is 5.72. The summed E-state index contributed by atoms with van der Waals surface area (Å²) in [5, 5.41) is 9.63. The number of rotatable bonds is 3. The average molecular weight is 278 g/mol. The Morgan fingerprint density at radius 3 is 3.05 bits per heavy atom. The van der Waals surface area contributed by atoms with Gasteiger partial charge in [0.05, 0.1) is 24.9 Å². The zero-order valence-electron chi connectivity index (χ0n) is 11.9. The molecule has 1 aromatic rings. The average Bonchev–Trinajstić information content (AvgIpc) is 2.87. The Labute approximate surface area is 119 Å². The van der Waals surface area contributed by atoms with E-state index in [1.54, 1.807) is 6.92 Å². The van der Waals surface area contributed by atoms with Gasteiger partial charge in [-0.15, -0.1) is 0 Å². The molecule has 1 aromatic carbocycles. The molecule has 0 radical (unpaired) electrons. The number of benzene rings is 1. The lowest BCUT2D eigenvalue weighted by atomic mass is 9.91. The van der Waals surface area contributed by atoms with E-state index in [-0.39, 0.29) is 11.7 Å². The van der Waals surface area contributed by atoms with Gasteiger partial charge in [0.1, 0.15) is 11.9 Å². The summed E-state index contributed by atoms with van der Waals surface area (Å²) in [6.07, 6.45) is 2.44. The first-order valence-electron chi connectivity index (χ1n) is 7.33. The van der Waals surface area contributed by atoms with Crippen LogP contribution >= 0.6 is 0 Å². The molecule has 2 unspecified atom stereocenters. The van der Waals surface area contributed by atoms with Crippen LogP contribution in [-0.2, 0) is 9.47 Å². The van der Waals surface area contributed by atoms with Gasteiger partial charge in [-0.3, -0.25) is 0 Å². The Hall–Kier alpha value is -1.10. The fourth-order valence-corrected chi connectivity index (χ4v) is 2.99. The second-order valence-electron chi connectivity index (χ2n) is 5.82. The minimum atomic E-state index is -0.470. The van der Waals surface area contributed by atoms with Crippen molar-refractivity contribution in [2.24, 2.45) is 0 Å². The predicted octanol–water partition coefficient (Wildman–Crippen LogP) is 2.46. The summed E-state index contributed by atoms with van der Waals surface area (Å²) < 4.78 is 17.5. The normalized spacial score (nSPS) is 31.4. The molecule has 3 atom stereocenters. The third kappa shape index (κ3) is 2.97. The molecule has 2 aliphatic rings. The van der Waals surface area contributed by atoms with Crippen molar-refractivity contribution in [1.29, 1.82) is 0 Å². The lowest BCUT2D eigenvalue weighted by molar-refractivity contribution is -0.112. The molecule has 0 aliphatic carbocycles. The van der Waals surface area contributed by atoms with E-state index in [4.69, 9.17) is 14.2 Å². The first kappa shape index (κ1) is 13.9. The van der Waals surface area contributed by atoms with Gasteiger partial charge < -0.3 is 19.3 Å². The summed E-state index contributed by atoms with van der Waals surface area (Å²) in [6.45, 7) is 3.95. The first-order valence-corrected chi connectivity index (χ1v) is 7.33. The third-order valence-corrected chi connectivity index (χ3v) is 4.16. The van der Waals surface area contributed by atoms with Gasteiger partial charge in [-0.2, -0.15) is 0 Å². The Balaban J connectivity index is 1.66. The van der Waals surface area contributed by atoms with Gasteiger partial charge in [0.25, 0.3) is 0 Å². The van der Waals surface area contributed by atoms with Gasteiger partial charge in [0.2, 0.25) is 0 Å². The largest absolute Gasteiger partial charge is 0.490 e. The van der Waals surface area contributed by atoms with Crippen molar-refractivity contribution in [2.75, 3.05) is 19.8 Å². The van der Waals surface area contributed by atoms with Crippen LogP contribution in [0.3, 0.4) is 0 Å². The molecule has 0 bridgehead atoms. The molecule has 1 N–H and O–H groups in total. The van der Waals surface area contributed by atoms with E-state index in [0.29, 0.717) is 6.61 Å². The van der Waals surface area contributed by atoms with E-state index >= 15 is 0 Å². The predicted molar refractivity (Wildman–Crippen MR) is 74.8 cm³/mol. The molecule has 2 fully saturated rings. The molecular weight excluding hydrogens is 256 g/mol. The molecule has 0 aromatic heterocycles. The van der Waals surface area contributed by atoms with Crippen molar-refractivity contribution in [3.63, 3.8) is 0 Å². The number of aliphatic hydroxyl groups excluding tert-OH is 1. The highest BCUT2D eigenvalue weighted by Gasteiger charge is 2.41. The van der Waals surface area contributed by atoms with Crippen LogP contribution < -0.4 is 4.74 Å². The van der Waals surface area contributed by atoms with Gasteiger partial charge in [0.15, 0.2) is 0 Å². The van der Waals surface area contributed by atoms with Crippen molar-refractivity contribution < 1.29 is 19.3 Å². The second-order valence-corrected chi connectivity index (χ2v) is 5.82. The van der Waals surface area contributed by atoms with Crippen molar-refractivity contribution in [1.82, 2.24) is 0 Å². The molecule has 1 spiro atoms. The molecule has 2 aliphatic heterocycles. The van der Waals surface area contributed by atoms with Gasteiger partial charge in [-0.25, -0.2) is 0 Å². The Morgan fingerprint density at radius 1 is 1.40 bits per heavy atom. The third-order valence-electron chi connectivity index (χ3n) is 4.16.